The van der Waals surface area contributed by atoms with Gasteiger partial charge in [-0.05, 0) is 11.6 Å². The van der Waals surface area contributed by atoms with Crippen LogP contribution in [0, 0.1) is 0 Å². The van der Waals surface area contributed by atoms with Gasteiger partial charge in [-0.1, -0.05) is 42.5 Å². The molecule has 0 bridgehead atoms. The number of benzene rings is 2. The van der Waals surface area contributed by atoms with Crippen molar-refractivity contribution >= 4 is 0 Å². The Morgan fingerprint density at radius 3 is 2.67 bits per heavy atom. The van der Waals surface area contributed by atoms with Gasteiger partial charge in [0.2, 0.25) is 0 Å². The van der Waals surface area contributed by atoms with E-state index in [9.17, 15) is 0 Å². The minimum atomic E-state index is -0.0673. The molecule has 1 heterocycles. The molecule has 0 saturated heterocycles. The molecule has 0 radical (unpaired) electrons. The summed E-state index contributed by atoms with van der Waals surface area (Å²) < 4.78 is 11.6. The molecule has 3 rings (SSSR count). The zero-order valence-electron chi connectivity index (χ0n) is 10.0. The van der Waals surface area contributed by atoms with Crippen molar-refractivity contribution in [1.29, 1.82) is 0 Å². The lowest BCUT2D eigenvalue weighted by molar-refractivity contribution is 0.0976. The van der Waals surface area contributed by atoms with Gasteiger partial charge < -0.3 is 15.2 Å². The van der Waals surface area contributed by atoms with E-state index in [1.54, 1.807) is 0 Å². The van der Waals surface area contributed by atoms with Gasteiger partial charge in [0.05, 0.1) is 0 Å². The second kappa shape index (κ2) is 4.70. The molecule has 0 unspecified atom stereocenters. The number of fused-ring (bicyclic) bond motifs is 1. The maximum atomic E-state index is 5.92. The van der Waals surface area contributed by atoms with Crippen LogP contribution in [0.3, 0.4) is 0 Å². The standard InChI is InChI=1S/C15H15NO2/c16-9-12-10-17-14-8-4-7-13(15(14)18-12)11-5-2-1-3-6-11/h1-8,12H,9-10,16H2/t12-/m0/s1. The molecule has 3 heteroatoms. The summed E-state index contributed by atoms with van der Waals surface area (Å²) in [7, 11) is 0. The van der Waals surface area contributed by atoms with Gasteiger partial charge in [0, 0.05) is 12.1 Å². The number of rotatable bonds is 2. The van der Waals surface area contributed by atoms with Crippen LogP contribution >= 0.6 is 0 Å². The first-order chi connectivity index (χ1) is 8.88. The molecule has 0 fully saturated rings. The van der Waals surface area contributed by atoms with Gasteiger partial charge in [0.1, 0.15) is 12.7 Å². The van der Waals surface area contributed by atoms with Gasteiger partial charge in [-0.25, -0.2) is 0 Å². The van der Waals surface area contributed by atoms with E-state index in [1.807, 2.05) is 36.4 Å². The molecule has 1 aliphatic rings. The van der Waals surface area contributed by atoms with Gasteiger partial charge in [-0.3, -0.25) is 0 Å². The molecular formula is C15H15NO2. The Bertz CT molecular complexity index is 539. The molecule has 2 aromatic carbocycles. The Labute approximate surface area is 106 Å². The third-order valence-electron chi connectivity index (χ3n) is 3.04. The Balaban J connectivity index is 2.06. The summed E-state index contributed by atoms with van der Waals surface area (Å²) in [5, 5.41) is 0. The van der Waals surface area contributed by atoms with Crippen molar-refractivity contribution in [3.05, 3.63) is 48.5 Å². The third-order valence-corrected chi connectivity index (χ3v) is 3.04. The maximum absolute atomic E-state index is 5.92. The van der Waals surface area contributed by atoms with Gasteiger partial charge >= 0.3 is 0 Å². The third kappa shape index (κ3) is 1.93. The van der Waals surface area contributed by atoms with Crippen LogP contribution in [0.1, 0.15) is 0 Å². The molecule has 2 aromatic rings. The summed E-state index contributed by atoms with van der Waals surface area (Å²) in [6, 6.07) is 16.1. The van der Waals surface area contributed by atoms with Crippen molar-refractivity contribution in [2.45, 2.75) is 6.10 Å². The second-order valence-electron chi connectivity index (χ2n) is 4.29. The van der Waals surface area contributed by atoms with E-state index in [0.717, 1.165) is 22.6 Å². The normalized spacial score (nSPS) is 17.5. The number of ether oxygens (including phenoxy) is 2. The fourth-order valence-corrected chi connectivity index (χ4v) is 2.10. The van der Waals surface area contributed by atoms with Crippen molar-refractivity contribution in [2.24, 2.45) is 5.73 Å². The number of hydrogen-bond acceptors (Lipinski definition) is 3. The van der Waals surface area contributed by atoms with Crippen LogP contribution in [-0.4, -0.2) is 19.3 Å². The summed E-state index contributed by atoms with van der Waals surface area (Å²) in [4.78, 5) is 0. The largest absolute Gasteiger partial charge is 0.486 e. The average molecular weight is 241 g/mol. The van der Waals surface area contributed by atoms with E-state index in [-0.39, 0.29) is 6.10 Å². The number of para-hydroxylation sites is 1. The molecule has 18 heavy (non-hydrogen) atoms. The van der Waals surface area contributed by atoms with Crippen molar-refractivity contribution in [1.82, 2.24) is 0 Å². The minimum absolute atomic E-state index is 0.0673. The molecule has 3 nitrogen and oxygen atoms in total. The molecule has 92 valence electrons. The Kier molecular flexibility index (Phi) is 2.90. The highest BCUT2D eigenvalue weighted by molar-refractivity contribution is 5.74. The molecule has 1 atom stereocenters. The van der Waals surface area contributed by atoms with Crippen LogP contribution in [0.4, 0.5) is 0 Å². The van der Waals surface area contributed by atoms with Crippen molar-refractivity contribution in [2.75, 3.05) is 13.2 Å². The van der Waals surface area contributed by atoms with E-state index in [2.05, 4.69) is 12.1 Å². The van der Waals surface area contributed by atoms with E-state index < -0.39 is 0 Å². The van der Waals surface area contributed by atoms with Crippen LogP contribution < -0.4 is 15.2 Å². The minimum Gasteiger partial charge on any atom is -0.486 e. The number of nitrogens with two attached hydrogens (primary N) is 1. The first-order valence-corrected chi connectivity index (χ1v) is 6.06. The Hall–Kier alpha value is -2.00. The van der Waals surface area contributed by atoms with Crippen LogP contribution in [0.25, 0.3) is 11.1 Å². The highest BCUT2D eigenvalue weighted by Crippen LogP contribution is 2.40. The SMILES string of the molecule is NC[C@H]1COc2cccc(-c3ccccc3)c2O1. The topological polar surface area (TPSA) is 44.5 Å². The van der Waals surface area contributed by atoms with E-state index in [1.165, 1.54) is 0 Å². The lowest BCUT2D eigenvalue weighted by Gasteiger charge is -2.27. The summed E-state index contributed by atoms with van der Waals surface area (Å²) in [6.07, 6.45) is -0.0673. The maximum Gasteiger partial charge on any atom is 0.169 e. The molecular weight excluding hydrogens is 226 g/mol. The van der Waals surface area contributed by atoms with Crippen molar-refractivity contribution in [3.63, 3.8) is 0 Å². The molecule has 1 aliphatic heterocycles. The highest BCUT2D eigenvalue weighted by atomic mass is 16.6. The predicted molar refractivity (Wildman–Crippen MR) is 70.8 cm³/mol. The first-order valence-electron chi connectivity index (χ1n) is 6.06. The fraction of sp³-hybridized carbons (Fsp3) is 0.200. The first kappa shape index (κ1) is 11.1. The molecule has 0 aromatic heterocycles. The van der Waals surface area contributed by atoms with E-state index in [0.29, 0.717) is 13.2 Å². The summed E-state index contributed by atoms with van der Waals surface area (Å²) in [5.74, 6) is 1.59. The fourth-order valence-electron chi connectivity index (χ4n) is 2.10. The van der Waals surface area contributed by atoms with Gasteiger partial charge in [0.25, 0.3) is 0 Å². The van der Waals surface area contributed by atoms with Gasteiger partial charge in [-0.2, -0.15) is 0 Å². The molecule has 0 amide bonds. The summed E-state index contributed by atoms with van der Waals surface area (Å²) in [5.41, 5.74) is 7.81. The zero-order valence-corrected chi connectivity index (χ0v) is 10.0. The zero-order chi connectivity index (χ0) is 12.4. The molecule has 0 aliphatic carbocycles. The molecule has 0 saturated carbocycles. The molecule has 0 spiro atoms. The van der Waals surface area contributed by atoms with Gasteiger partial charge in [-0.15, -0.1) is 0 Å². The Morgan fingerprint density at radius 2 is 1.89 bits per heavy atom. The van der Waals surface area contributed by atoms with E-state index in [4.69, 9.17) is 15.2 Å². The second-order valence-corrected chi connectivity index (χ2v) is 4.29. The average Bonchev–Trinajstić information content (AvgIpc) is 2.47. The van der Waals surface area contributed by atoms with Crippen molar-refractivity contribution in [3.8, 4) is 22.6 Å². The monoisotopic (exact) mass is 241 g/mol. The van der Waals surface area contributed by atoms with Gasteiger partial charge in [0.15, 0.2) is 11.5 Å². The van der Waals surface area contributed by atoms with Crippen LogP contribution in [-0.2, 0) is 0 Å². The van der Waals surface area contributed by atoms with E-state index >= 15 is 0 Å². The lowest BCUT2D eigenvalue weighted by Crippen LogP contribution is -2.35. The highest BCUT2D eigenvalue weighted by Gasteiger charge is 2.22. The van der Waals surface area contributed by atoms with Crippen LogP contribution in [0.5, 0.6) is 11.5 Å². The number of hydrogen-bond donors (Lipinski definition) is 1. The Morgan fingerprint density at radius 1 is 1.06 bits per heavy atom. The van der Waals surface area contributed by atoms with Crippen LogP contribution in [0.2, 0.25) is 0 Å². The molecule has 2 N–H and O–H groups in total. The quantitative estimate of drug-likeness (QED) is 0.878. The smallest absolute Gasteiger partial charge is 0.169 e. The summed E-state index contributed by atoms with van der Waals surface area (Å²) in [6.45, 7) is 0.976. The van der Waals surface area contributed by atoms with Crippen molar-refractivity contribution < 1.29 is 9.47 Å². The van der Waals surface area contributed by atoms with Crippen LogP contribution in [0.15, 0.2) is 48.5 Å². The predicted octanol–water partition coefficient (Wildman–Crippen LogP) is 2.45. The summed E-state index contributed by atoms with van der Waals surface area (Å²) >= 11 is 0. The lowest BCUT2D eigenvalue weighted by atomic mass is 10.0.